The molecule has 0 aromatic heterocycles. The van der Waals surface area contributed by atoms with Gasteiger partial charge in [-0.25, -0.2) is 9.18 Å². The number of hydrogen-bond acceptors (Lipinski definition) is 3. The van der Waals surface area contributed by atoms with Gasteiger partial charge in [0, 0.05) is 7.11 Å². The number of ether oxygens (including phenoxy) is 2. The third kappa shape index (κ3) is 2.92. The Labute approximate surface area is 86.2 Å². The van der Waals surface area contributed by atoms with E-state index < -0.39 is 17.3 Å². The van der Waals surface area contributed by atoms with Crippen LogP contribution in [0.2, 0.25) is 0 Å². The van der Waals surface area contributed by atoms with E-state index in [1.165, 1.54) is 19.2 Å². The summed E-state index contributed by atoms with van der Waals surface area (Å²) in [6.07, 6.45) is 0. The van der Waals surface area contributed by atoms with Gasteiger partial charge in [0.1, 0.15) is 23.7 Å². The summed E-state index contributed by atoms with van der Waals surface area (Å²) in [5.41, 5.74) is -0.450. The second-order valence-corrected chi connectivity index (χ2v) is 2.76. The van der Waals surface area contributed by atoms with E-state index in [0.717, 1.165) is 6.07 Å². The second-order valence-electron chi connectivity index (χ2n) is 2.76. The zero-order valence-corrected chi connectivity index (χ0v) is 8.20. The highest BCUT2D eigenvalue weighted by molar-refractivity contribution is 5.91. The fourth-order valence-corrected chi connectivity index (χ4v) is 1.07. The van der Waals surface area contributed by atoms with Crippen molar-refractivity contribution in [2.45, 2.75) is 0 Å². The Hall–Kier alpha value is -1.62. The lowest BCUT2D eigenvalue weighted by molar-refractivity contribution is 0.0684. The topological polar surface area (TPSA) is 55.8 Å². The summed E-state index contributed by atoms with van der Waals surface area (Å²) in [6, 6.07) is 3.87. The van der Waals surface area contributed by atoms with Crippen LogP contribution in [0.4, 0.5) is 4.39 Å². The van der Waals surface area contributed by atoms with Crippen molar-refractivity contribution in [3.05, 3.63) is 29.6 Å². The Morgan fingerprint density at radius 1 is 1.47 bits per heavy atom. The molecule has 82 valence electrons. The van der Waals surface area contributed by atoms with Crippen molar-refractivity contribution < 1.29 is 23.8 Å². The van der Waals surface area contributed by atoms with Gasteiger partial charge in [-0.1, -0.05) is 6.07 Å². The minimum atomic E-state index is -1.35. The third-order valence-electron chi connectivity index (χ3n) is 1.73. The zero-order chi connectivity index (χ0) is 11.3. The summed E-state index contributed by atoms with van der Waals surface area (Å²) in [6.45, 7) is 0.496. The molecule has 1 N–H and O–H groups in total. The monoisotopic (exact) mass is 214 g/mol. The predicted molar refractivity (Wildman–Crippen MR) is 50.7 cm³/mol. The largest absolute Gasteiger partial charge is 0.490 e. The van der Waals surface area contributed by atoms with Crippen LogP contribution in [0.3, 0.4) is 0 Å². The first-order chi connectivity index (χ1) is 7.16. The Morgan fingerprint density at radius 3 is 2.80 bits per heavy atom. The summed E-state index contributed by atoms with van der Waals surface area (Å²) in [4.78, 5) is 10.7. The van der Waals surface area contributed by atoms with Crippen LogP contribution in [0.1, 0.15) is 10.4 Å². The van der Waals surface area contributed by atoms with E-state index in [-0.39, 0.29) is 12.4 Å². The molecule has 0 unspecified atom stereocenters. The summed E-state index contributed by atoms with van der Waals surface area (Å²) in [5, 5.41) is 8.75. The SMILES string of the molecule is COCCOc1cccc(F)c1C(=O)O. The molecule has 0 radical (unpaired) electrons. The highest BCUT2D eigenvalue weighted by Gasteiger charge is 2.16. The van der Waals surface area contributed by atoms with Crippen LogP contribution >= 0.6 is 0 Å². The molecule has 1 rings (SSSR count). The Morgan fingerprint density at radius 2 is 2.20 bits per heavy atom. The number of carbonyl (C=O) groups is 1. The van der Waals surface area contributed by atoms with Crippen LogP contribution in [0, 0.1) is 5.82 Å². The van der Waals surface area contributed by atoms with Crippen LogP contribution in [0.5, 0.6) is 5.75 Å². The van der Waals surface area contributed by atoms with Gasteiger partial charge in [-0.15, -0.1) is 0 Å². The maximum absolute atomic E-state index is 13.1. The number of carboxylic acids is 1. The fraction of sp³-hybridized carbons (Fsp3) is 0.300. The molecule has 1 aromatic carbocycles. The number of halogens is 1. The van der Waals surface area contributed by atoms with Gasteiger partial charge < -0.3 is 14.6 Å². The van der Waals surface area contributed by atoms with Crippen molar-refractivity contribution in [3.8, 4) is 5.75 Å². The lowest BCUT2D eigenvalue weighted by atomic mass is 10.2. The van der Waals surface area contributed by atoms with E-state index in [0.29, 0.717) is 6.61 Å². The first-order valence-electron chi connectivity index (χ1n) is 4.30. The highest BCUT2D eigenvalue weighted by Crippen LogP contribution is 2.21. The number of carboxylic acid groups (broad SMARTS) is 1. The van der Waals surface area contributed by atoms with Gasteiger partial charge in [0.05, 0.1) is 6.61 Å². The van der Waals surface area contributed by atoms with Gasteiger partial charge in [0.15, 0.2) is 0 Å². The Kier molecular flexibility index (Phi) is 4.05. The summed E-state index contributed by atoms with van der Waals surface area (Å²) < 4.78 is 22.9. The van der Waals surface area contributed by atoms with E-state index in [9.17, 15) is 9.18 Å². The van der Waals surface area contributed by atoms with E-state index in [2.05, 4.69) is 0 Å². The molecule has 0 saturated heterocycles. The maximum atomic E-state index is 13.1. The Bertz CT molecular complexity index is 351. The van der Waals surface area contributed by atoms with Crippen LogP contribution in [-0.2, 0) is 4.74 Å². The molecule has 0 saturated carbocycles. The lowest BCUT2D eigenvalue weighted by Gasteiger charge is -2.08. The molecule has 0 spiro atoms. The van der Waals surface area contributed by atoms with Gasteiger partial charge in [-0.3, -0.25) is 0 Å². The number of methoxy groups -OCH3 is 1. The summed E-state index contributed by atoms with van der Waals surface area (Å²) in [5.74, 6) is -2.14. The minimum Gasteiger partial charge on any atom is -0.490 e. The Balaban J connectivity index is 2.86. The van der Waals surface area contributed by atoms with Gasteiger partial charge in [-0.2, -0.15) is 0 Å². The number of benzene rings is 1. The molecular formula is C10H11FO4. The van der Waals surface area contributed by atoms with Crippen LogP contribution in [-0.4, -0.2) is 31.4 Å². The van der Waals surface area contributed by atoms with Crippen molar-refractivity contribution in [3.63, 3.8) is 0 Å². The predicted octanol–water partition coefficient (Wildman–Crippen LogP) is 1.55. The number of hydrogen-bond donors (Lipinski definition) is 1. The molecule has 0 aliphatic heterocycles. The average molecular weight is 214 g/mol. The van der Waals surface area contributed by atoms with Crippen molar-refractivity contribution in [2.24, 2.45) is 0 Å². The minimum absolute atomic E-state index is 0.0135. The van der Waals surface area contributed by atoms with Crippen LogP contribution < -0.4 is 4.74 Å². The standard InChI is InChI=1S/C10H11FO4/c1-14-5-6-15-8-4-2-3-7(11)9(8)10(12)13/h2-4H,5-6H2,1H3,(H,12,13). The quantitative estimate of drug-likeness (QED) is 0.755. The molecular weight excluding hydrogens is 203 g/mol. The van der Waals surface area contributed by atoms with Crippen LogP contribution in [0.25, 0.3) is 0 Å². The van der Waals surface area contributed by atoms with Gasteiger partial charge in [0.25, 0.3) is 0 Å². The summed E-state index contributed by atoms with van der Waals surface area (Å²) >= 11 is 0. The molecule has 1 aromatic rings. The molecule has 0 amide bonds. The highest BCUT2D eigenvalue weighted by atomic mass is 19.1. The van der Waals surface area contributed by atoms with Crippen molar-refractivity contribution >= 4 is 5.97 Å². The van der Waals surface area contributed by atoms with Crippen molar-refractivity contribution in [1.82, 2.24) is 0 Å². The van der Waals surface area contributed by atoms with Crippen molar-refractivity contribution in [2.75, 3.05) is 20.3 Å². The molecule has 0 fully saturated rings. The maximum Gasteiger partial charge on any atom is 0.342 e. The normalized spacial score (nSPS) is 10.0. The number of aromatic carboxylic acids is 1. The van der Waals surface area contributed by atoms with Gasteiger partial charge in [0.2, 0.25) is 0 Å². The smallest absolute Gasteiger partial charge is 0.342 e. The first kappa shape index (κ1) is 11.5. The van der Waals surface area contributed by atoms with Crippen LogP contribution in [0.15, 0.2) is 18.2 Å². The molecule has 0 aliphatic rings. The van der Waals surface area contributed by atoms with E-state index in [4.69, 9.17) is 14.6 Å². The van der Waals surface area contributed by atoms with Gasteiger partial charge in [-0.05, 0) is 12.1 Å². The molecule has 5 heteroatoms. The van der Waals surface area contributed by atoms with Crippen molar-refractivity contribution in [1.29, 1.82) is 0 Å². The first-order valence-corrected chi connectivity index (χ1v) is 4.30. The van der Waals surface area contributed by atoms with E-state index >= 15 is 0 Å². The molecule has 0 aliphatic carbocycles. The lowest BCUT2D eigenvalue weighted by Crippen LogP contribution is -2.09. The second kappa shape index (κ2) is 5.31. The molecule has 15 heavy (non-hydrogen) atoms. The third-order valence-corrected chi connectivity index (χ3v) is 1.73. The number of rotatable bonds is 5. The summed E-state index contributed by atoms with van der Waals surface area (Å²) in [7, 11) is 1.49. The fourth-order valence-electron chi connectivity index (χ4n) is 1.07. The van der Waals surface area contributed by atoms with E-state index in [1.54, 1.807) is 0 Å². The molecule has 0 atom stereocenters. The molecule has 4 nitrogen and oxygen atoms in total. The average Bonchev–Trinajstić information content (AvgIpc) is 2.17. The molecule has 0 bridgehead atoms. The van der Waals surface area contributed by atoms with Gasteiger partial charge >= 0.3 is 5.97 Å². The van der Waals surface area contributed by atoms with E-state index in [1.807, 2.05) is 0 Å². The molecule has 0 heterocycles. The zero-order valence-electron chi connectivity index (χ0n) is 8.20.